The Balaban J connectivity index is 1.73. The van der Waals surface area contributed by atoms with Gasteiger partial charge in [-0.3, -0.25) is 15.3 Å². The summed E-state index contributed by atoms with van der Waals surface area (Å²) in [7, 11) is 0. The van der Waals surface area contributed by atoms with E-state index < -0.39 is 0 Å². The van der Waals surface area contributed by atoms with Crippen LogP contribution in [0.15, 0.2) is 59.9 Å². The van der Waals surface area contributed by atoms with Gasteiger partial charge in [0.25, 0.3) is 0 Å². The van der Waals surface area contributed by atoms with Gasteiger partial charge in [0.05, 0.1) is 0 Å². The highest BCUT2D eigenvalue weighted by atomic mass is 15.2. The van der Waals surface area contributed by atoms with E-state index >= 15 is 0 Å². The van der Waals surface area contributed by atoms with Gasteiger partial charge in [-0.05, 0) is 37.1 Å². The molecular formula is C19H19N5. The highest BCUT2D eigenvalue weighted by Gasteiger charge is 1.98. The van der Waals surface area contributed by atoms with Crippen LogP contribution in [0.5, 0.6) is 0 Å². The van der Waals surface area contributed by atoms with Crippen molar-refractivity contribution in [3.8, 4) is 18.0 Å². The third kappa shape index (κ3) is 6.64. The summed E-state index contributed by atoms with van der Waals surface area (Å²) in [5.74, 6) is 6.75. The van der Waals surface area contributed by atoms with Crippen LogP contribution in [0.2, 0.25) is 0 Å². The summed E-state index contributed by atoms with van der Waals surface area (Å²) in [6, 6.07) is 13.6. The van der Waals surface area contributed by atoms with Crippen LogP contribution in [0.25, 0.3) is 0 Å². The summed E-state index contributed by atoms with van der Waals surface area (Å²) in [6.45, 7) is 0.634. The molecule has 5 heteroatoms. The zero-order chi connectivity index (χ0) is 16.9. The van der Waals surface area contributed by atoms with Crippen molar-refractivity contribution in [2.75, 3.05) is 11.9 Å². The molecule has 0 aliphatic rings. The van der Waals surface area contributed by atoms with E-state index in [1.54, 1.807) is 12.4 Å². The number of aliphatic imine (C=N–C) groups is 1. The van der Waals surface area contributed by atoms with Crippen molar-refractivity contribution in [1.82, 2.24) is 10.3 Å². The molecule has 0 radical (unpaired) electrons. The van der Waals surface area contributed by atoms with E-state index in [-0.39, 0.29) is 0 Å². The van der Waals surface area contributed by atoms with Crippen LogP contribution < -0.4 is 10.6 Å². The number of guanidine groups is 1. The lowest BCUT2D eigenvalue weighted by Crippen LogP contribution is -2.27. The van der Waals surface area contributed by atoms with E-state index in [4.69, 9.17) is 5.26 Å². The Kier molecular flexibility index (Phi) is 7.40. The van der Waals surface area contributed by atoms with Crippen LogP contribution in [0.3, 0.4) is 0 Å². The normalized spacial score (nSPS) is 10.2. The topological polar surface area (TPSA) is 73.1 Å². The third-order valence-electron chi connectivity index (χ3n) is 3.10. The molecule has 2 rings (SSSR count). The number of nitrogens with zero attached hydrogens (tertiary/aromatic N) is 3. The lowest BCUT2D eigenvalue weighted by atomic mass is 10.2. The number of rotatable bonds is 5. The van der Waals surface area contributed by atoms with Crippen molar-refractivity contribution in [1.29, 1.82) is 5.26 Å². The zero-order valence-electron chi connectivity index (χ0n) is 13.4. The number of hydrogen-bond acceptors (Lipinski definition) is 3. The van der Waals surface area contributed by atoms with Crippen LogP contribution in [0.1, 0.15) is 24.8 Å². The SMILES string of the molecule is N#CNC(=NCCCCC#Cc1ccccc1)Nc1ccncc1. The van der Waals surface area contributed by atoms with Gasteiger partial charge in [-0.15, -0.1) is 0 Å². The van der Waals surface area contributed by atoms with E-state index in [1.807, 2.05) is 48.7 Å². The molecule has 0 fully saturated rings. The molecule has 0 amide bonds. The number of unbranched alkanes of at least 4 members (excludes halogenated alkanes) is 2. The molecule has 0 saturated carbocycles. The highest BCUT2D eigenvalue weighted by Crippen LogP contribution is 2.03. The van der Waals surface area contributed by atoms with Gasteiger partial charge >= 0.3 is 0 Å². The van der Waals surface area contributed by atoms with Gasteiger partial charge < -0.3 is 5.32 Å². The Morgan fingerprint density at radius 1 is 1.08 bits per heavy atom. The molecule has 1 aromatic carbocycles. The van der Waals surface area contributed by atoms with Gasteiger partial charge in [-0.1, -0.05) is 30.0 Å². The lowest BCUT2D eigenvalue weighted by Gasteiger charge is -2.07. The van der Waals surface area contributed by atoms with Crippen LogP contribution in [0, 0.1) is 23.3 Å². The predicted molar refractivity (Wildman–Crippen MR) is 96.1 cm³/mol. The van der Waals surface area contributed by atoms with Crippen LogP contribution >= 0.6 is 0 Å². The standard InChI is InChI=1S/C19H19N5/c20-16-23-19(24-18-11-14-21-15-12-18)22-13-7-2-1-4-8-17-9-5-3-6-10-17/h3,5-6,9-12,14-15H,1-2,7,13H2,(H2,21,22,23,24). The Morgan fingerprint density at radius 3 is 2.62 bits per heavy atom. The Labute approximate surface area is 142 Å². The van der Waals surface area contributed by atoms with Crippen molar-refractivity contribution < 1.29 is 0 Å². The van der Waals surface area contributed by atoms with Gasteiger partial charge in [0.15, 0.2) is 6.19 Å². The summed E-state index contributed by atoms with van der Waals surface area (Å²) in [5.41, 5.74) is 1.87. The fourth-order valence-corrected chi connectivity index (χ4v) is 1.94. The molecule has 0 bridgehead atoms. The maximum Gasteiger partial charge on any atom is 0.209 e. The molecule has 2 N–H and O–H groups in total. The molecule has 24 heavy (non-hydrogen) atoms. The number of benzene rings is 1. The summed E-state index contributed by atoms with van der Waals surface area (Å²) < 4.78 is 0. The second-order valence-electron chi connectivity index (χ2n) is 4.95. The average Bonchev–Trinajstić information content (AvgIpc) is 2.63. The smallest absolute Gasteiger partial charge is 0.209 e. The van der Waals surface area contributed by atoms with Gasteiger partial charge in [0.1, 0.15) is 0 Å². The first-order chi connectivity index (χ1) is 11.9. The minimum Gasteiger partial charge on any atom is -0.325 e. The van der Waals surface area contributed by atoms with Gasteiger partial charge in [-0.2, -0.15) is 5.26 Å². The summed E-state index contributed by atoms with van der Waals surface area (Å²) in [5, 5.41) is 14.4. The third-order valence-corrected chi connectivity index (χ3v) is 3.10. The number of nitriles is 1. The molecule has 0 unspecified atom stereocenters. The molecular weight excluding hydrogens is 298 g/mol. The number of hydrogen-bond donors (Lipinski definition) is 2. The summed E-state index contributed by atoms with van der Waals surface area (Å²) in [4.78, 5) is 8.31. The van der Waals surface area contributed by atoms with E-state index in [2.05, 4.69) is 32.5 Å². The molecule has 120 valence electrons. The molecule has 1 aromatic heterocycles. The minimum absolute atomic E-state index is 0.444. The van der Waals surface area contributed by atoms with Crippen LogP contribution in [0.4, 0.5) is 5.69 Å². The summed E-state index contributed by atoms with van der Waals surface area (Å²) >= 11 is 0. The lowest BCUT2D eigenvalue weighted by molar-refractivity contribution is 0.766. The maximum absolute atomic E-state index is 8.78. The fourth-order valence-electron chi connectivity index (χ4n) is 1.94. The fraction of sp³-hybridized carbons (Fsp3) is 0.211. The van der Waals surface area contributed by atoms with Crippen LogP contribution in [-0.2, 0) is 0 Å². The number of anilines is 1. The summed E-state index contributed by atoms with van der Waals surface area (Å²) in [6.07, 6.45) is 7.96. The minimum atomic E-state index is 0.444. The quantitative estimate of drug-likeness (QED) is 0.222. The highest BCUT2D eigenvalue weighted by molar-refractivity contribution is 5.94. The van der Waals surface area contributed by atoms with Crippen molar-refractivity contribution in [3.63, 3.8) is 0 Å². The van der Waals surface area contributed by atoms with E-state index in [0.29, 0.717) is 12.5 Å². The van der Waals surface area contributed by atoms with E-state index in [1.165, 1.54) is 0 Å². The largest absolute Gasteiger partial charge is 0.325 e. The molecule has 5 nitrogen and oxygen atoms in total. The molecule has 2 aromatic rings. The monoisotopic (exact) mass is 317 g/mol. The first-order valence-corrected chi connectivity index (χ1v) is 7.79. The van der Waals surface area contributed by atoms with Crippen molar-refractivity contribution in [2.45, 2.75) is 19.3 Å². The second-order valence-corrected chi connectivity index (χ2v) is 4.95. The van der Waals surface area contributed by atoms with Crippen LogP contribution in [-0.4, -0.2) is 17.5 Å². The van der Waals surface area contributed by atoms with E-state index in [0.717, 1.165) is 30.5 Å². The number of aromatic nitrogens is 1. The molecule has 0 saturated heterocycles. The Bertz CT molecular complexity index is 736. The maximum atomic E-state index is 8.78. The van der Waals surface area contributed by atoms with Crippen molar-refractivity contribution in [3.05, 3.63) is 60.4 Å². The number of pyridine rings is 1. The predicted octanol–water partition coefficient (Wildman–Crippen LogP) is 3.14. The average molecular weight is 317 g/mol. The van der Waals surface area contributed by atoms with Gasteiger partial charge in [0, 0.05) is 36.6 Å². The van der Waals surface area contributed by atoms with Crippen molar-refractivity contribution in [2.24, 2.45) is 4.99 Å². The first kappa shape index (κ1) is 17.1. The Hall–Kier alpha value is -3.31. The number of nitrogens with one attached hydrogen (secondary N) is 2. The van der Waals surface area contributed by atoms with Crippen molar-refractivity contribution >= 4 is 11.6 Å². The van der Waals surface area contributed by atoms with E-state index in [9.17, 15) is 0 Å². The van der Waals surface area contributed by atoms with Gasteiger partial charge in [0.2, 0.25) is 5.96 Å². The first-order valence-electron chi connectivity index (χ1n) is 7.79. The Morgan fingerprint density at radius 2 is 1.88 bits per heavy atom. The second kappa shape index (κ2) is 10.4. The molecule has 1 heterocycles. The molecule has 0 spiro atoms. The zero-order valence-corrected chi connectivity index (χ0v) is 13.4. The molecule has 0 aliphatic heterocycles. The molecule has 0 atom stereocenters. The van der Waals surface area contributed by atoms with Gasteiger partial charge in [-0.25, -0.2) is 0 Å². The molecule has 0 aliphatic carbocycles.